The van der Waals surface area contributed by atoms with Gasteiger partial charge >= 0.3 is 0 Å². The van der Waals surface area contributed by atoms with Crippen LogP contribution < -0.4 is 0 Å². The molecule has 0 radical (unpaired) electrons. The zero-order chi connectivity index (χ0) is 19.1. The van der Waals surface area contributed by atoms with Gasteiger partial charge in [0.2, 0.25) is 0 Å². The van der Waals surface area contributed by atoms with Gasteiger partial charge in [-0.2, -0.15) is 10.2 Å². The lowest BCUT2D eigenvalue weighted by Crippen LogP contribution is -2.01. The molecule has 0 amide bonds. The minimum Gasteiger partial charge on any atom is -0.267 e. The topological polar surface area (TPSA) is 35.6 Å². The number of rotatable bonds is 4. The molecule has 0 aliphatic heterocycles. The van der Waals surface area contributed by atoms with E-state index >= 15 is 0 Å². The molecule has 0 aliphatic carbocycles. The molecule has 4 rings (SSSR count). The number of hydrogen-bond acceptors (Lipinski definition) is 2. The number of hydrogen-bond donors (Lipinski definition) is 0. The fourth-order valence-corrected chi connectivity index (χ4v) is 3.90. The van der Waals surface area contributed by atoms with Gasteiger partial charge < -0.3 is 0 Å². The SMILES string of the molecule is CCc1c(C)nn(-c2cccc3nn(Cc4cc(F)cc(Cl)c4)cc23)c1C. The van der Waals surface area contributed by atoms with Crippen LogP contribution in [-0.2, 0) is 13.0 Å². The number of aromatic nitrogens is 4. The fraction of sp³-hybridized carbons (Fsp3) is 0.238. The Balaban J connectivity index is 1.79. The van der Waals surface area contributed by atoms with Gasteiger partial charge in [0, 0.05) is 22.3 Å². The third kappa shape index (κ3) is 3.23. The first-order chi connectivity index (χ1) is 13.0. The van der Waals surface area contributed by atoms with Crippen molar-refractivity contribution in [3.05, 3.63) is 75.9 Å². The number of halogens is 2. The highest BCUT2D eigenvalue weighted by atomic mass is 35.5. The molecule has 0 spiro atoms. The standard InChI is InChI=1S/C21H20ClFN4/c1-4-18-13(2)24-27(14(18)3)21-7-5-6-20-19(21)12-26(25-20)11-15-8-16(22)10-17(23)9-15/h5-10,12H,4,11H2,1-3H3. The Morgan fingerprint density at radius 3 is 2.63 bits per heavy atom. The molecule has 0 bridgehead atoms. The van der Waals surface area contributed by atoms with Crippen LogP contribution in [0.5, 0.6) is 0 Å². The van der Waals surface area contributed by atoms with Crippen molar-refractivity contribution >= 4 is 22.5 Å². The highest BCUT2D eigenvalue weighted by Crippen LogP contribution is 2.25. The van der Waals surface area contributed by atoms with Crippen LogP contribution in [0.1, 0.15) is 29.4 Å². The van der Waals surface area contributed by atoms with Crippen molar-refractivity contribution < 1.29 is 4.39 Å². The van der Waals surface area contributed by atoms with E-state index < -0.39 is 0 Å². The summed E-state index contributed by atoms with van der Waals surface area (Å²) >= 11 is 5.97. The molecule has 2 aromatic heterocycles. The molecule has 0 N–H and O–H groups in total. The predicted molar refractivity (Wildman–Crippen MR) is 106 cm³/mol. The van der Waals surface area contributed by atoms with Gasteiger partial charge in [0.1, 0.15) is 5.82 Å². The molecular weight excluding hydrogens is 363 g/mol. The Labute approximate surface area is 162 Å². The first kappa shape index (κ1) is 17.7. The lowest BCUT2D eigenvalue weighted by molar-refractivity contribution is 0.620. The molecular formula is C21H20ClFN4. The second-order valence-electron chi connectivity index (χ2n) is 6.73. The smallest absolute Gasteiger partial charge is 0.125 e. The Bertz CT molecular complexity index is 1120. The molecule has 2 aromatic carbocycles. The quantitative estimate of drug-likeness (QED) is 0.483. The second-order valence-corrected chi connectivity index (χ2v) is 7.17. The highest BCUT2D eigenvalue weighted by molar-refractivity contribution is 6.30. The third-order valence-electron chi connectivity index (χ3n) is 4.86. The van der Waals surface area contributed by atoms with Gasteiger partial charge in [-0.15, -0.1) is 0 Å². The van der Waals surface area contributed by atoms with Crippen LogP contribution >= 0.6 is 11.6 Å². The Morgan fingerprint density at radius 2 is 1.93 bits per heavy atom. The lowest BCUT2D eigenvalue weighted by atomic mass is 10.1. The minimum atomic E-state index is -0.343. The van der Waals surface area contributed by atoms with Crippen LogP contribution in [-0.4, -0.2) is 19.6 Å². The summed E-state index contributed by atoms with van der Waals surface area (Å²) in [4.78, 5) is 0. The van der Waals surface area contributed by atoms with Crippen molar-refractivity contribution in [2.45, 2.75) is 33.7 Å². The molecule has 27 heavy (non-hydrogen) atoms. The van der Waals surface area contributed by atoms with Gasteiger partial charge in [-0.3, -0.25) is 4.68 Å². The van der Waals surface area contributed by atoms with E-state index in [0.717, 1.165) is 40.0 Å². The maximum Gasteiger partial charge on any atom is 0.125 e. The summed E-state index contributed by atoms with van der Waals surface area (Å²) < 4.78 is 17.4. The minimum absolute atomic E-state index is 0.343. The van der Waals surface area contributed by atoms with Crippen LogP contribution in [0.25, 0.3) is 16.6 Å². The molecule has 4 aromatic rings. The molecule has 4 nitrogen and oxygen atoms in total. The van der Waals surface area contributed by atoms with E-state index in [0.29, 0.717) is 11.6 Å². The third-order valence-corrected chi connectivity index (χ3v) is 5.08. The largest absolute Gasteiger partial charge is 0.267 e. The summed E-state index contributed by atoms with van der Waals surface area (Å²) in [5, 5.41) is 10.8. The Morgan fingerprint density at radius 1 is 1.11 bits per heavy atom. The zero-order valence-corrected chi connectivity index (χ0v) is 16.3. The Kier molecular flexibility index (Phi) is 4.48. The molecule has 0 aliphatic rings. The van der Waals surface area contributed by atoms with Crippen molar-refractivity contribution in [2.24, 2.45) is 0 Å². The zero-order valence-electron chi connectivity index (χ0n) is 15.5. The molecule has 0 saturated carbocycles. The first-order valence-electron chi connectivity index (χ1n) is 8.93. The molecule has 2 heterocycles. The summed E-state index contributed by atoms with van der Waals surface area (Å²) in [5.41, 5.74) is 6.11. The van der Waals surface area contributed by atoms with Crippen LogP contribution in [0.2, 0.25) is 5.02 Å². The average Bonchev–Trinajstić information content (AvgIpc) is 3.13. The number of fused-ring (bicyclic) bond motifs is 1. The van der Waals surface area contributed by atoms with Crippen LogP contribution in [0.3, 0.4) is 0 Å². The monoisotopic (exact) mass is 382 g/mol. The number of aryl methyl sites for hydroxylation is 1. The molecule has 0 fully saturated rings. The van der Waals surface area contributed by atoms with Crippen molar-refractivity contribution in [1.82, 2.24) is 19.6 Å². The lowest BCUT2D eigenvalue weighted by Gasteiger charge is -2.06. The highest BCUT2D eigenvalue weighted by Gasteiger charge is 2.15. The molecule has 0 atom stereocenters. The Hall–Kier alpha value is -2.66. The summed E-state index contributed by atoms with van der Waals surface area (Å²) in [5.74, 6) is -0.343. The van der Waals surface area contributed by atoms with E-state index in [9.17, 15) is 4.39 Å². The summed E-state index contributed by atoms with van der Waals surface area (Å²) in [6.45, 7) is 6.73. The van der Waals surface area contributed by atoms with Gasteiger partial charge in [-0.05, 0) is 61.7 Å². The normalized spacial score (nSPS) is 11.4. The van der Waals surface area contributed by atoms with Gasteiger partial charge in [0.25, 0.3) is 0 Å². The summed E-state index contributed by atoms with van der Waals surface area (Å²) in [6, 6.07) is 10.5. The van der Waals surface area contributed by atoms with Crippen molar-refractivity contribution in [1.29, 1.82) is 0 Å². The van der Waals surface area contributed by atoms with Gasteiger partial charge in [-0.1, -0.05) is 24.6 Å². The predicted octanol–water partition coefficient (Wildman–Crippen LogP) is 5.24. The first-order valence-corrected chi connectivity index (χ1v) is 9.30. The van der Waals surface area contributed by atoms with Crippen molar-refractivity contribution in [3.8, 4) is 5.69 Å². The van der Waals surface area contributed by atoms with Crippen LogP contribution in [0.4, 0.5) is 4.39 Å². The van der Waals surface area contributed by atoms with Gasteiger partial charge in [0.15, 0.2) is 0 Å². The van der Waals surface area contributed by atoms with Crippen molar-refractivity contribution in [2.75, 3.05) is 0 Å². The van der Waals surface area contributed by atoms with E-state index in [2.05, 4.69) is 18.9 Å². The summed E-state index contributed by atoms with van der Waals surface area (Å²) in [6.07, 6.45) is 2.93. The molecule has 6 heteroatoms. The number of benzene rings is 2. The average molecular weight is 383 g/mol. The van der Waals surface area contributed by atoms with Crippen LogP contribution in [0, 0.1) is 19.7 Å². The van der Waals surface area contributed by atoms with E-state index in [-0.39, 0.29) is 5.82 Å². The molecule has 138 valence electrons. The number of nitrogens with zero attached hydrogens (tertiary/aromatic N) is 4. The van der Waals surface area contributed by atoms with Gasteiger partial charge in [0.05, 0.1) is 23.4 Å². The van der Waals surface area contributed by atoms with E-state index in [1.165, 1.54) is 17.7 Å². The second kappa shape index (κ2) is 6.82. The van der Waals surface area contributed by atoms with E-state index in [1.807, 2.05) is 40.7 Å². The van der Waals surface area contributed by atoms with Gasteiger partial charge in [-0.25, -0.2) is 9.07 Å². The van der Waals surface area contributed by atoms with E-state index in [1.54, 1.807) is 6.07 Å². The van der Waals surface area contributed by atoms with Crippen LogP contribution in [0.15, 0.2) is 42.6 Å². The molecule has 0 saturated heterocycles. The summed E-state index contributed by atoms with van der Waals surface area (Å²) in [7, 11) is 0. The van der Waals surface area contributed by atoms with E-state index in [4.69, 9.17) is 16.7 Å². The fourth-order valence-electron chi connectivity index (χ4n) is 3.65. The molecule has 0 unspecified atom stereocenters. The maximum absolute atomic E-state index is 13.6. The maximum atomic E-state index is 13.6. The van der Waals surface area contributed by atoms with Crippen molar-refractivity contribution in [3.63, 3.8) is 0 Å².